The van der Waals surface area contributed by atoms with Crippen LogP contribution in [0.4, 0.5) is 10.2 Å². The van der Waals surface area contributed by atoms with Gasteiger partial charge in [0.05, 0.1) is 25.4 Å². The van der Waals surface area contributed by atoms with E-state index in [1.54, 1.807) is 29.1 Å². The van der Waals surface area contributed by atoms with Crippen molar-refractivity contribution in [3.05, 3.63) is 76.7 Å². The fourth-order valence-corrected chi connectivity index (χ4v) is 2.49. The largest absolute Gasteiger partial charge is 0.496 e. The number of aromatic nitrogens is 2. The van der Waals surface area contributed by atoms with Crippen molar-refractivity contribution >= 4 is 23.3 Å². The van der Waals surface area contributed by atoms with Gasteiger partial charge < -0.3 is 10.1 Å². The molecule has 0 radical (unpaired) electrons. The summed E-state index contributed by atoms with van der Waals surface area (Å²) >= 11 is 5.88. The molecule has 2 aromatic carbocycles. The molecule has 128 valence electrons. The molecule has 0 aliphatic carbocycles. The van der Waals surface area contributed by atoms with Crippen LogP contribution in [0.25, 0.3) is 0 Å². The van der Waals surface area contributed by atoms with Gasteiger partial charge in [0.2, 0.25) is 0 Å². The number of amides is 1. The number of carbonyl (C=O) groups excluding carboxylic acids is 1. The number of methoxy groups -OCH3 is 1. The van der Waals surface area contributed by atoms with Gasteiger partial charge in [0.25, 0.3) is 5.91 Å². The SMILES string of the molecule is COc1ccc(F)cc1C(=O)Nc1ccnn1Cc1ccc(Cl)cc1. The molecule has 0 aliphatic heterocycles. The lowest BCUT2D eigenvalue weighted by atomic mass is 10.2. The Morgan fingerprint density at radius 3 is 2.72 bits per heavy atom. The summed E-state index contributed by atoms with van der Waals surface area (Å²) in [5, 5.41) is 7.58. The van der Waals surface area contributed by atoms with Crippen LogP contribution in [-0.2, 0) is 6.54 Å². The maximum Gasteiger partial charge on any atom is 0.260 e. The highest BCUT2D eigenvalue weighted by molar-refractivity contribution is 6.30. The highest BCUT2D eigenvalue weighted by Crippen LogP contribution is 2.21. The quantitative estimate of drug-likeness (QED) is 0.749. The first-order chi connectivity index (χ1) is 12.1. The zero-order valence-electron chi connectivity index (χ0n) is 13.4. The van der Waals surface area contributed by atoms with E-state index in [0.717, 1.165) is 11.6 Å². The summed E-state index contributed by atoms with van der Waals surface area (Å²) in [4.78, 5) is 12.5. The van der Waals surface area contributed by atoms with Crippen LogP contribution >= 0.6 is 11.6 Å². The second-order valence-electron chi connectivity index (χ2n) is 5.30. The highest BCUT2D eigenvalue weighted by atomic mass is 35.5. The van der Waals surface area contributed by atoms with Crippen LogP contribution in [0.3, 0.4) is 0 Å². The maximum atomic E-state index is 13.5. The van der Waals surface area contributed by atoms with Crippen molar-refractivity contribution in [1.82, 2.24) is 9.78 Å². The molecular weight excluding hydrogens is 345 g/mol. The lowest BCUT2D eigenvalue weighted by molar-refractivity contribution is 0.102. The maximum absolute atomic E-state index is 13.5. The van der Waals surface area contributed by atoms with Crippen LogP contribution < -0.4 is 10.1 Å². The Morgan fingerprint density at radius 1 is 1.24 bits per heavy atom. The zero-order valence-corrected chi connectivity index (χ0v) is 14.1. The van der Waals surface area contributed by atoms with Gasteiger partial charge >= 0.3 is 0 Å². The van der Waals surface area contributed by atoms with Crippen molar-refractivity contribution in [1.29, 1.82) is 0 Å². The summed E-state index contributed by atoms with van der Waals surface area (Å²) in [6.45, 7) is 0.458. The van der Waals surface area contributed by atoms with Gasteiger partial charge in [0.1, 0.15) is 17.4 Å². The molecule has 0 saturated heterocycles. The van der Waals surface area contributed by atoms with E-state index >= 15 is 0 Å². The van der Waals surface area contributed by atoms with Crippen LogP contribution in [0.2, 0.25) is 5.02 Å². The fraction of sp³-hybridized carbons (Fsp3) is 0.111. The van der Waals surface area contributed by atoms with E-state index in [0.29, 0.717) is 23.1 Å². The summed E-state index contributed by atoms with van der Waals surface area (Å²) in [5.41, 5.74) is 1.09. The minimum absolute atomic E-state index is 0.113. The first-order valence-electron chi connectivity index (χ1n) is 7.48. The number of carbonyl (C=O) groups is 1. The minimum atomic E-state index is -0.513. The topological polar surface area (TPSA) is 56.1 Å². The smallest absolute Gasteiger partial charge is 0.260 e. The van der Waals surface area contributed by atoms with Crippen LogP contribution in [-0.4, -0.2) is 22.8 Å². The van der Waals surface area contributed by atoms with Crippen molar-refractivity contribution in [2.75, 3.05) is 12.4 Å². The van der Waals surface area contributed by atoms with Crippen LogP contribution in [0.5, 0.6) is 5.75 Å². The van der Waals surface area contributed by atoms with E-state index in [1.807, 2.05) is 12.1 Å². The van der Waals surface area contributed by atoms with Crippen molar-refractivity contribution in [2.24, 2.45) is 0 Å². The molecule has 0 bridgehead atoms. The number of anilines is 1. The summed E-state index contributed by atoms with van der Waals surface area (Å²) in [6.07, 6.45) is 1.58. The Kier molecular flexibility index (Phi) is 5.00. The molecule has 0 atom stereocenters. The molecule has 0 spiro atoms. The predicted molar refractivity (Wildman–Crippen MR) is 93.7 cm³/mol. The average Bonchev–Trinajstić information content (AvgIpc) is 3.03. The second kappa shape index (κ2) is 7.36. The molecule has 1 amide bonds. The van der Waals surface area contributed by atoms with E-state index in [2.05, 4.69) is 10.4 Å². The van der Waals surface area contributed by atoms with Gasteiger partial charge in [-0.3, -0.25) is 4.79 Å². The normalized spacial score (nSPS) is 10.5. The van der Waals surface area contributed by atoms with Gasteiger partial charge in [0, 0.05) is 11.1 Å². The molecule has 5 nitrogen and oxygen atoms in total. The molecule has 1 aromatic heterocycles. The van der Waals surface area contributed by atoms with Crippen molar-refractivity contribution in [2.45, 2.75) is 6.54 Å². The van der Waals surface area contributed by atoms with E-state index in [9.17, 15) is 9.18 Å². The first kappa shape index (κ1) is 17.0. The van der Waals surface area contributed by atoms with E-state index in [1.165, 1.54) is 19.2 Å². The molecule has 3 rings (SSSR count). The fourth-order valence-electron chi connectivity index (χ4n) is 2.37. The lowest BCUT2D eigenvalue weighted by Crippen LogP contribution is -2.17. The summed E-state index contributed by atoms with van der Waals surface area (Å²) in [7, 11) is 1.43. The van der Waals surface area contributed by atoms with Crippen LogP contribution in [0, 0.1) is 5.82 Å². The third-order valence-electron chi connectivity index (χ3n) is 3.61. The Labute approximate surface area is 149 Å². The Balaban J connectivity index is 1.80. The number of halogens is 2. The lowest BCUT2D eigenvalue weighted by Gasteiger charge is -2.11. The molecule has 1 heterocycles. The number of nitrogens with one attached hydrogen (secondary N) is 1. The molecule has 0 unspecified atom stereocenters. The number of ether oxygens (including phenoxy) is 1. The molecule has 7 heteroatoms. The van der Waals surface area contributed by atoms with Crippen molar-refractivity contribution < 1.29 is 13.9 Å². The van der Waals surface area contributed by atoms with Crippen LogP contribution in [0.1, 0.15) is 15.9 Å². The molecular formula is C18H15ClFN3O2. The number of nitrogens with zero attached hydrogens (tertiary/aromatic N) is 2. The number of hydrogen-bond donors (Lipinski definition) is 1. The molecule has 0 saturated carbocycles. The average molecular weight is 360 g/mol. The van der Waals surface area contributed by atoms with Gasteiger partial charge in [0.15, 0.2) is 0 Å². The molecule has 0 aliphatic rings. The predicted octanol–water partition coefficient (Wildman–Crippen LogP) is 3.98. The van der Waals surface area contributed by atoms with E-state index in [-0.39, 0.29) is 5.56 Å². The van der Waals surface area contributed by atoms with Gasteiger partial charge in [-0.15, -0.1) is 0 Å². The standard InChI is InChI=1S/C18H15ClFN3O2/c1-25-16-7-6-14(20)10-15(16)18(24)22-17-8-9-21-23(17)11-12-2-4-13(19)5-3-12/h2-10H,11H2,1H3,(H,22,24). The van der Waals surface area contributed by atoms with E-state index in [4.69, 9.17) is 16.3 Å². The van der Waals surface area contributed by atoms with Crippen molar-refractivity contribution in [3.63, 3.8) is 0 Å². The van der Waals surface area contributed by atoms with Gasteiger partial charge in [-0.1, -0.05) is 23.7 Å². The van der Waals surface area contributed by atoms with Crippen LogP contribution in [0.15, 0.2) is 54.7 Å². The number of rotatable bonds is 5. The van der Waals surface area contributed by atoms with Gasteiger partial charge in [-0.25, -0.2) is 9.07 Å². The Hall–Kier alpha value is -2.86. The summed E-state index contributed by atoms with van der Waals surface area (Å²) in [5.74, 6) is -0.205. The molecule has 25 heavy (non-hydrogen) atoms. The monoisotopic (exact) mass is 359 g/mol. The Morgan fingerprint density at radius 2 is 2.00 bits per heavy atom. The second-order valence-corrected chi connectivity index (χ2v) is 5.74. The molecule has 0 fully saturated rings. The summed E-state index contributed by atoms with van der Waals surface area (Å²) < 4.78 is 20.2. The van der Waals surface area contributed by atoms with Gasteiger partial charge in [-0.05, 0) is 35.9 Å². The van der Waals surface area contributed by atoms with Gasteiger partial charge in [-0.2, -0.15) is 5.10 Å². The third kappa shape index (κ3) is 3.97. The zero-order chi connectivity index (χ0) is 17.8. The van der Waals surface area contributed by atoms with Crippen molar-refractivity contribution in [3.8, 4) is 5.75 Å². The molecule has 1 N–H and O–H groups in total. The highest BCUT2D eigenvalue weighted by Gasteiger charge is 2.15. The summed E-state index contributed by atoms with van der Waals surface area (Å²) in [6, 6.07) is 12.8. The third-order valence-corrected chi connectivity index (χ3v) is 3.86. The molecule has 3 aromatic rings. The Bertz CT molecular complexity index is 894. The number of benzene rings is 2. The minimum Gasteiger partial charge on any atom is -0.496 e. The van der Waals surface area contributed by atoms with E-state index < -0.39 is 11.7 Å². The number of hydrogen-bond acceptors (Lipinski definition) is 3. The first-order valence-corrected chi connectivity index (χ1v) is 7.86.